The van der Waals surface area contributed by atoms with Crippen LogP contribution in [0.1, 0.15) is 34.1 Å². The van der Waals surface area contributed by atoms with Crippen LogP contribution < -0.4 is 4.72 Å². The maximum absolute atomic E-state index is 12.1. The number of hydrogen-bond donors (Lipinski definition) is 2. The Bertz CT molecular complexity index is 334. The summed E-state index contributed by atoms with van der Waals surface area (Å²) >= 11 is 0. The Morgan fingerprint density at radius 2 is 2.00 bits per heavy atom. The molecule has 0 aromatic heterocycles. The van der Waals surface area contributed by atoms with E-state index in [1.54, 1.807) is 20.8 Å². The summed E-state index contributed by atoms with van der Waals surface area (Å²) in [6.45, 7) is 7.74. The lowest BCUT2D eigenvalue weighted by Gasteiger charge is -2.29. The summed E-state index contributed by atoms with van der Waals surface area (Å²) < 4.78 is 28.1. The van der Waals surface area contributed by atoms with E-state index in [1.807, 2.05) is 6.92 Å². The highest BCUT2D eigenvalue weighted by Crippen LogP contribution is 2.26. The Kier molecular flexibility index (Phi) is 3.99. The van der Waals surface area contributed by atoms with Crippen LogP contribution >= 0.6 is 0 Å². The average molecular weight is 250 g/mol. The van der Waals surface area contributed by atoms with Crippen LogP contribution in [0.25, 0.3) is 0 Å². The van der Waals surface area contributed by atoms with Crippen LogP contribution in [-0.4, -0.2) is 42.6 Å². The maximum atomic E-state index is 12.1. The lowest BCUT2D eigenvalue weighted by molar-refractivity contribution is 0.189. The fourth-order valence-corrected chi connectivity index (χ4v) is 3.86. The standard InChI is InChI=1S/C10H22N2O3S/c1-8-5-6-12(9(8)7-13)16(14,15)11-10(2,3)4/h8-9,11,13H,5-7H2,1-4H3. The minimum absolute atomic E-state index is 0.119. The van der Waals surface area contributed by atoms with Crippen LogP contribution in [0, 0.1) is 5.92 Å². The van der Waals surface area contributed by atoms with Crippen molar-refractivity contribution >= 4 is 10.2 Å². The van der Waals surface area contributed by atoms with E-state index >= 15 is 0 Å². The maximum Gasteiger partial charge on any atom is 0.280 e. The quantitative estimate of drug-likeness (QED) is 0.758. The van der Waals surface area contributed by atoms with Gasteiger partial charge in [-0.05, 0) is 33.1 Å². The minimum Gasteiger partial charge on any atom is -0.395 e. The Balaban J connectivity index is 2.84. The van der Waals surface area contributed by atoms with E-state index in [0.29, 0.717) is 6.54 Å². The third kappa shape index (κ3) is 3.16. The van der Waals surface area contributed by atoms with Crippen LogP contribution in [0.15, 0.2) is 0 Å². The van der Waals surface area contributed by atoms with Crippen molar-refractivity contribution in [3.63, 3.8) is 0 Å². The van der Waals surface area contributed by atoms with Gasteiger partial charge in [0, 0.05) is 12.1 Å². The van der Waals surface area contributed by atoms with Crippen LogP contribution in [0.2, 0.25) is 0 Å². The fraction of sp³-hybridized carbons (Fsp3) is 1.00. The Morgan fingerprint density at radius 3 is 2.44 bits per heavy atom. The number of rotatable bonds is 3. The van der Waals surface area contributed by atoms with Gasteiger partial charge in [0.1, 0.15) is 0 Å². The monoisotopic (exact) mass is 250 g/mol. The zero-order chi connectivity index (χ0) is 12.6. The molecule has 1 heterocycles. The van der Waals surface area contributed by atoms with Gasteiger partial charge in [0.15, 0.2) is 0 Å². The molecule has 0 saturated carbocycles. The molecule has 1 saturated heterocycles. The third-order valence-corrected chi connectivity index (χ3v) is 4.70. The first-order valence-corrected chi connectivity index (χ1v) is 7.03. The molecule has 0 amide bonds. The molecule has 6 heteroatoms. The van der Waals surface area contributed by atoms with Crippen molar-refractivity contribution in [1.82, 2.24) is 9.03 Å². The Labute approximate surface area is 98.0 Å². The van der Waals surface area contributed by atoms with Gasteiger partial charge < -0.3 is 5.11 Å². The van der Waals surface area contributed by atoms with E-state index in [1.165, 1.54) is 4.31 Å². The summed E-state index contributed by atoms with van der Waals surface area (Å²) in [5.41, 5.74) is -0.495. The second-order valence-electron chi connectivity index (χ2n) is 5.48. The van der Waals surface area contributed by atoms with Crippen LogP contribution in [0.4, 0.5) is 0 Å². The lowest BCUT2D eigenvalue weighted by atomic mass is 10.0. The van der Waals surface area contributed by atoms with Gasteiger partial charge in [-0.1, -0.05) is 6.92 Å². The second kappa shape index (κ2) is 4.60. The summed E-state index contributed by atoms with van der Waals surface area (Å²) in [5.74, 6) is 0.210. The molecule has 0 radical (unpaired) electrons. The van der Waals surface area contributed by atoms with E-state index in [4.69, 9.17) is 0 Å². The van der Waals surface area contributed by atoms with Gasteiger partial charge in [0.2, 0.25) is 0 Å². The number of aliphatic hydroxyl groups is 1. The van der Waals surface area contributed by atoms with Crippen molar-refractivity contribution < 1.29 is 13.5 Å². The molecule has 1 rings (SSSR count). The highest BCUT2D eigenvalue weighted by molar-refractivity contribution is 7.87. The summed E-state index contributed by atoms with van der Waals surface area (Å²) in [6, 6.07) is -0.292. The molecule has 1 aliphatic rings. The van der Waals surface area contributed by atoms with Crippen molar-refractivity contribution in [3.8, 4) is 0 Å². The zero-order valence-electron chi connectivity index (χ0n) is 10.4. The predicted octanol–water partition coefficient (Wildman–Crippen LogP) is 0.322. The molecule has 96 valence electrons. The average Bonchev–Trinajstić information content (AvgIpc) is 2.42. The largest absolute Gasteiger partial charge is 0.395 e. The zero-order valence-corrected chi connectivity index (χ0v) is 11.2. The van der Waals surface area contributed by atoms with Crippen molar-refractivity contribution in [1.29, 1.82) is 0 Å². The van der Waals surface area contributed by atoms with Gasteiger partial charge >= 0.3 is 0 Å². The van der Waals surface area contributed by atoms with E-state index in [2.05, 4.69) is 4.72 Å². The summed E-state index contributed by atoms with van der Waals surface area (Å²) in [7, 11) is -3.49. The lowest BCUT2D eigenvalue weighted by Crippen LogP contribution is -2.51. The summed E-state index contributed by atoms with van der Waals surface area (Å²) in [5, 5.41) is 9.23. The van der Waals surface area contributed by atoms with Gasteiger partial charge in [0.05, 0.1) is 12.6 Å². The van der Waals surface area contributed by atoms with Crippen LogP contribution in [0.5, 0.6) is 0 Å². The van der Waals surface area contributed by atoms with Crippen LogP contribution in [0.3, 0.4) is 0 Å². The minimum atomic E-state index is -3.49. The molecular formula is C10H22N2O3S. The van der Waals surface area contributed by atoms with Gasteiger partial charge in [-0.3, -0.25) is 0 Å². The molecule has 2 unspecified atom stereocenters. The smallest absolute Gasteiger partial charge is 0.280 e. The first-order valence-electron chi connectivity index (χ1n) is 5.59. The number of nitrogens with one attached hydrogen (secondary N) is 1. The van der Waals surface area contributed by atoms with Gasteiger partial charge in [-0.15, -0.1) is 0 Å². The normalized spacial score (nSPS) is 28.6. The molecule has 2 N–H and O–H groups in total. The molecule has 0 aromatic carbocycles. The first-order chi connectivity index (χ1) is 7.17. The number of aliphatic hydroxyl groups excluding tert-OH is 1. The highest BCUT2D eigenvalue weighted by Gasteiger charge is 2.39. The number of nitrogens with zero attached hydrogens (tertiary/aromatic N) is 1. The van der Waals surface area contributed by atoms with Crippen molar-refractivity contribution in [2.45, 2.75) is 45.7 Å². The first kappa shape index (κ1) is 13.9. The Hall–Kier alpha value is -0.170. The second-order valence-corrected chi connectivity index (χ2v) is 7.11. The SMILES string of the molecule is CC1CCN(S(=O)(=O)NC(C)(C)C)C1CO. The van der Waals surface area contributed by atoms with E-state index < -0.39 is 15.7 Å². The molecule has 0 bridgehead atoms. The number of hydrogen-bond acceptors (Lipinski definition) is 3. The predicted molar refractivity (Wildman–Crippen MR) is 63.2 cm³/mol. The molecule has 0 spiro atoms. The van der Waals surface area contributed by atoms with Gasteiger partial charge in [-0.25, -0.2) is 0 Å². The van der Waals surface area contributed by atoms with E-state index in [0.717, 1.165) is 6.42 Å². The molecule has 2 atom stereocenters. The fourth-order valence-electron chi connectivity index (χ4n) is 1.99. The third-order valence-electron chi connectivity index (χ3n) is 2.76. The topological polar surface area (TPSA) is 69.6 Å². The van der Waals surface area contributed by atoms with Crippen molar-refractivity contribution in [2.24, 2.45) is 5.92 Å². The van der Waals surface area contributed by atoms with Crippen LogP contribution in [-0.2, 0) is 10.2 Å². The van der Waals surface area contributed by atoms with E-state index in [-0.39, 0.29) is 18.6 Å². The summed E-state index contributed by atoms with van der Waals surface area (Å²) in [4.78, 5) is 0. The van der Waals surface area contributed by atoms with E-state index in [9.17, 15) is 13.5 Å². The molecule has 0 aliphatic carbocycles. The molecular weight excluding hydrogens is 228 g/mol. The molecule has 16 heavy (non-hydrogen) atoms. The van der Waals surface area contributed by atoms with Crippen molar-refractivity contribution in [3.05, 3.63) is 0 Å². The highest BCUT2D eigenvalue weighted by atomic mass is 32.2. The van der Waals surface area contributed by atoms with Gasteiger partial charge in [0.25, 0.3) is 10.2 Å². The molecule has 1 aliphatic heterocycles. The molecule has 0 aromatic rings. The Morgan fingerprint density at radius 1 is 1.44 bits per heavy atom. The summed E-state index contributed by atoms with van der Waals surface area (Å²) in [6.07, 6.45) is 0.802. The molecule has 1 fully saturated rings. The molecule has 5 nitrogen and oxygen atoms in total. The van der Waals surface area contributed by atoms with Gasteiger partial charge in [-0.2, -0.15) is 17.4 Å². The van der Waals surface area contributed by atoms with Crippen molar-refractivity contribution in [2.75, 3.05) is 13.2 Å².